The molecule has 0 spiro atoms. The number of ether oxygens (including phenoxy) is 1. The first-order valence-electron chi connectivity index (χ1n) is 5.41. The monoisotopic (exact) mass is 273 g/mol. The van der Waals surface area contributed by atoms with Crippen molar-refractivity contribution >= 4 is 29.5 Å². The molecule has 18 heavy (non-hydrogen) atoms. The standard InChI is InChI=1S/C10H16ClN5O2/c1-5-12-8-13-7(11)14-9(15-8)16-10(2,3)6(17)18-4/h5H2,1-4H3,(H2,12,13,14,15,16). The van der Waals surface area contributed by atoms with Crippen molar-refractivity contribution in [2.24, 2.45) is 0 Å². The predicted molar refractivity (Wildman–Crippen MR) is 68.7 cm³/mol. The summed E-state index contributed by atoms with van der Waals surface area (Å²) in [5.41, 5.74) is -0.955. The number of hydrogen-bond acceptors (Lipinski definition) is 7. The van der Waals surface area contributed by atoms with Gasteiger partial charge in [-0.25, -0.2) is 4.79 Å². The number of hydrogen-bond donors (Lipinski definition) is 2. The van der Waals surface area contributed by atoms with Crippen LogP contribution >= 0.6 is 11.6 Å². The molecular formula is C10H16ClN5O2. The van der Waals surface area contributed by atoms with Crippen molar-refractivity contribution in [3.63, 3.8) is 0 Å². The molecule has 1 aromatic rings. The first-order chi connectivity index (χ1) is 8.39. The molecule has 0 bridgehead atoms. The van der Waals surface area contributed by atoms with E-state index in [1.165, 1.54) is 7.11 Å². The molecule has 0 aromatic carbocycles. The van der Waals surface area contributed by atoms with E-state index in [2.05, 4.69) is 30.3 Å². The fourth-order valence-electron chi connectivity index (χ4n) is 1.23. The lowest BCUT2D eigenvalue weighted by Gasteiger charge is -2.23. The summed E-state index contributed by atoms with van der Waals surface area (Å²) in [4.78, 5) is 23.4. The second kappa shape index (κ2) is 5.81. The fraction of sp³-hybridized carbons (Fsp3) is 0.600. The Morgan fingerprint density at radius 3 is 2.50 bits per heavy atom. The Morgan fingerprint density at radius 1 is 1.33 bits per heavy atom. The Kier molecular flexibility index (Phi) is 4.66. The van der Waals surface area contributed by atoms with Gasteiger partial charge in [0.2, 0.25) is 17.2 Å². The maximum atomic E-state index is 11.5. The van der Waals surface area contributed by atoms with Gasteiger partial charge in [-0.15, -0.1) is 0 Å². The van der Waals surface area contributed by atoms with Gasteiger partial charge < -0.3 is 15.4 Å². The van der Waals surface area contributed by atoms with Gasteiger partial charge in [-0.3, -0.25) is 0 Å². The Morgan fingerprint density at radius 2 is 1.94 bits per heavy atom. The van der Waals surface area contributed by atoms with Crippen molar-refractivity contribution in [3.8, 4) is 0 Å². The van der Waals surface area contributed by atoms with E-state index in [9.17, 15) is 4.79 Å². The minimum absolute atomic E-state index is 0.0455. The van der Waals surface area contributed by atoms with E-state index in [1.54, 1.807) is 13.8 Å². The summed E-state index contributed by atoms with van der Waals surface area (Å²) >= 11 is 5.77. The molecule has 0 amide bonds. The van der Waals surface area contributed by atoms with Gasteiger partial charge in [0.15, 0.2) is 0 Å². The van der Waals surface area contributed by atoms with Crippen molar-refractivity contribution in [2.45, 2.75) is 26.3 Å². The number of halogens is 1. The highest BCUT2D eigenvalue weighted by molar-refractivity contribution is 6.28. The van der Waals surface area contributed by atoms with Crippen molar-refractivity contribution < 1.29 is 9.53 Å². The van der Waals surface area contributed by atoms with Gasteiger partial charge in [-0.1, -0.05) is 0 Å². The van der Waals surface area contributed by atoms with Gasteiger partial charge in [0.1, 0.15) is 5.54 Å². The average Bonchev–Trinajstić information content (AvgIpc) is 2.26. The van der Waals surface area contributed by atoms with E-state index >= 15 is 0 Å². The minimum atomic E-state index is -0.955. The van der Waals surface area contributed by atoms with Crippen molar-refractivity contribution in [1.82, 2.24) is 15.0 Å². The molecule has 0 aliphatic heterocycles. The highest BCUT2D eigenvalue weighted by Crippen LogP contribution is 2.15. The van der Waals surface area contributed by atoms with E-state index < -0.39 is 11.5 Å². The molecule has 0 unspecified atom stereocenters. The minimum Gasteiger partial charge on any atom is -0.467 e. The summed E-state index contributed by atoms with van der Waals surface area (Å²) in [6.07, 6.45) is 0. The van der Waals surface area contributed by atoms with Crippen LogP contribution in [0.4, 0.5) is 11.9 Å². The Labute approximate surface area is 110 Å². The van der Waals surface area contributed by atoms with Crippen molar-refractivity contribution in [3.05, 3.63) is 5.28 Å². The van der Waals surface area contributed by atoms with E-state index in [1.807, 2.05) is 6.92 Å². The number of aromatic nitrogens is 3. The molecule has 100 valence electrons. The smallest absolute Gasteiger partial charge is 0.330 e. The van der Waals surface area contributed by atoms with Crippen LogP contribution in [0.15, 0.2) is 0 Å². The molecule has 0 saturated carbocycles. The summed E-state index contributed by atoms with van der Waals surface area (Å²) in [5, 5.41) is 5.81. The van der Waals surface area contributed by atoms with Crippen LogP contribution in [-0.4, -0.2) is 40.1 Å². The first kappa shape index (κ1) is 14.4. The SMILES string of the molecule is CCNc1nc(Cl)nc(NC(C)(C)C(=O)OC)n1. The van der Waals surface area contributed by atoms with Gasteiger partial charge in [0.05, 0.1) is 7.11 Å². The quantitative estimate of drug-likeness (QED) is 0.782. The van der Waals surface area contributed by atoms with Crippen LogP contribution in [-0.2, 0) is 9.53 Å². The summed E-state index contributed by atoms with van der Waals surface area (Å²) < 4.78 is 4.67. The third kappa shape index (κ3) is 3.69. The van der Waals surface area contributed by atoms with Crippen LogP contribution in [0.5, 0.6) is 0 Å². The first-order valence-corrected chi connectivity index (χ1v) is 5.79. The van der Waals surface area contributed by atoms with Crippen molar-refractivity contribution in [2.75, 3.05) is 24.3 Å². The molecule has 0 aliphatic rings. The number of carbonyl (C=O) groups excluding carboxylic acids is 1. The van der Waals surface area contributed by atoms with E-state index in [0.29, 0.717) is 12.5 Å². The molecule has 0 atom stereocenters. The highest BCUT2D eigenvalue weighted by Gasteiger charge is 2.29. The Hall–Kier alpha value is -1.63. The van der Waals surface area contributed by atoms with E-state index in [4.69, 9.17) is 11.6 Å². The summed E-state index contributed by atoms with van der Waals surface area (Å²) in [6, 6.07) is 0. The maximum absolute atomic E-state index is 11.5. The molecule has 2 N–H and O–H groups in total. The third-order valence-corrected chi connectivity index (χ3v) is 2.23. The van der Waals surface area contributed by atoms with Crippen LogP contribution in [0.25, 0.3) is 0 Å². The molecule has 1 heterocycles. The molecule has 8 heteroatoms. The predicted octanol–water partition coefficient (Wildman–Crippen LogP) is 1.32. The maximum Gasteiger partial charge on any atom is 0.330 e. The molecule has 0 aliphatic carbocycles. The summed E-state index contributed by atoms with van der Waals surface area (Å²) in [5.74, 6) is 0.131. The molecule has 0 saturated heterocycles. The molecular weight excluding hydrogens is 258 g/mol. The Balaban J connectivity index is 2.93. The van der Waals surface area contributed by atoms with E-state index in [0.717, 1.165) is 0 Å². The fourth-order valence-corrected chi connectivity index (χ4v) is 1.39. The zero-order chi connectivity index (χ0) is 13.8. The zero-order valence-electron chi connectivity index (χ0n) is 10.7. The highest BCUT2D eigenvalue weighted by atomic mass is 35.5. The van der Waals surface area contributed by atoms with Gasteiger partial charge in [0.25, 0.3) is 0 Å². The van der Waals surface area contributed by atoms with Gasteiger partial charge >= 0.3 is 5.97 Å². The third-order valence-electron chi connectivity index (χ3n) is 2.06. The number of esters is 1. The number of nitrogens with zero attached hydrogens (tertiary/aromatic N) is 3. The van der Waals surface area contributed by atoms with Crippen LogP contribution < -0.4 is 10.6 Å². The van der Waals surface area contributed by atoms with Crippen molar-refractivity contribution in [1.29, 1.82) is 0 Å². The topological polar surface area (TPSA) is 89.0 Å². The lowest BCUT2D eigenvalue weighted by molar-refractivity contribution is -0.144. The average molecular weight is 274 g/mol. The second-order valence-corrected chi connectivity index (χ2v) is 4.36. The van der Waals surface area contributed by atoms with Gasteiger partial charge in [0, 0.05) is 6.54 Å². The molecule has 1 aromatic heterocycles. The van der Waals surface area contributed by atoms with E-state index in [-0.39, 0.29) is 11.2 Å². The van der Waals surface area contributed by atoms with Crippen LogP contribution in [0, 0.1) is 0 Å². The van der Waals surface area contributed by atoms with Crippen LogP contribution in [0.3, 0.4) is 0 Å². The van der Waals surface area contributed by atoms with Gasteiger partial charge in [-0.05, 0) is 32.4 Å². The number of nitrogens with one attached hydrogen (secondary N) is 2. The Bertz CT molecular complexity index is 438. The van der Waals surface area contributed by atoms with Crippen LogP contribution in [0.1, 0.15) is 20.8 Å². The number of methoxy groups -OCH3 is 1. The van der Waals surface area contributed by atoms with Gasteiger partial charge in [-0.2, -0.15) is 15.0 Å². The number of rotatable bonds is 5. The second-order valence-electron chi connectivity index (χ2n) is 4.02. The lowest BCUT2D eigenvalue weighted by atomic mass is 10.1. The lowest BCUT2D eigenvalue weighted by Crippen LogP contribution is -2.41. The summed E-state index contributed by atoms with van der Waals surface area (Å²) in [6.45, 7) is 5.87. The zero-order valence-corrected chi connectivity index (χ0v) is 11.5. The van der Waals surface area contributed by atoms with Crippen LogP contribution in [0.2, 0.25) is 5.28 Å². The largest absolute Gasteiger partial charge is 0.467 e. The molecule has 7 nitrogen and oxygen atoms in total. The number of carbonyl (C=O) groups is 1. The summed E-state index contributed by atoms with van der Waals surface area (Å²) in [7, 11) is 1.32. The molecule has 1 rings (SSSR count). The molecule has 0 fully saturated rings. The normalized spacial score (nSPS) is 10.9. The number of anilines is 2. The molecule has 0 radical (unpaired) electrons.